The van der Waals surface area contributed by atoms with E-state index in [1.807, 2.05) is 17.7 Å². The van der Waals surface area contributed by atoms with Gasteiger partial charge in [-0.3, -0.25) is 4.79 Å². The summed E-state index contributed by atoms with van der Waals surface area (Å²) < 4.78 is 15.7. The van der Waals surface area contributed by atoms with E-state index in [1.54, 1.807) is 6.07 Å². The average molecular weight is 330 g/mol. The predicted octanol–water partition coefficient (Wildman–Crippen LogP) is 1.74. The van der Waals surface area contributed by atoms with Crippen LogP contribution in [0.5, 0.6) is 0 Å². The maximum atomic E-state index is 13.8. The average Bonchev–Trinajstić information content (AvgIpc) is 3.23. The molecule has 0 saturated heterocycles. The van der Waals surface area contributed by atoms with Gasteiger partial charge in [0, 0.05) is 26.1 Å². The van der Waals surface area contributed by atoms with Crippen LogP contribution < -0.4 is 11.1 Å². The third kappa shape index (κ3) is 2.40. The highest BCUT2D eigenvalue weighted by molar-refractivity contribution is 5.80. The quantitative estimate of drug-likeness (QED) is 0.897. The Morgan fingerprint density at radius 3 is 2.92 bits per heavy atom. The number of carbonyl (C=O) groups excluding carboxylic acids is 1. The van der Waals surface area contributed by atoms with Crippen LogP contribution in [-0.2, 0) is 18.3 Å². The van der Waals surface area contributed by atoms with Crippen molar-refractivity contribution in [3.8, 4) is 0 Å². The van der Waals surface area contributed by atoms with Crippen LogP contribution in [0.15, 0.2) is 18.2 Å². The van der Waals surface area contributed by atoms with Crippen LogP contribution in [0.4, 0.5) is 4.39 Å². The summed E-state index contributed by atoms with van der Waals surface area (Å²) in [4.78, 5) is 16.8. The standard InChI is InChI=1S/C18H23FN4O/c1-23-13-4-2-3-12(19)17(13)22-14(23)7-8-21-18(24)15-10-5-6-11(9-10)16(15)20/h2-4,10-11,15-16H,5-9,20H2,1H3,(H,21,24). The number of carbonyl (C=O) groups is 1. The molecule has 24 heavy (non-hydrogen) atoms. The topological polar surface area (TPSA) is 72.9 Å². The first-order chi connectivity index (χ1) is 11.6. The van der Waals surface area contributed by atoms with Gasteiger partial charge in [-0.2, -0.15) is 0 Å². The zero-order valence-electron chi connectivity index (χ0n) is 13.8. The second-order valence-corrected chi connectivity index (χ2v) is 7.17. The van der Waals surface area contributed by atoms with E-state index in [0.29, 0.717) is 30.3 Å². The molecule has 128 valence electrons. The van der Waals surface area contributed by atoms with Gasteiger partial charge in [0.15, 0.2) is 5.82 Å². The lowest BCUT2D eigenvalue weighted by atomic mass is 9.84. The molecule has 4 rings (SSSR count). The monoisotopic (exact) mass is 330 g/mol. The van der Waals surface area contributed by atoms with E-state index < -0.39 is 0 Å². The van der Waals surface area contributed by atoms with Gasteiger partial charge in [-0.1, -0.05) is 6.07 Å². The lowest BCUT2D eigenvalue weighted by molar-refractivity contribution is -0.127. The first-order valence-electron chi connectivity index (χ1n) is 8.69. The summed E-state index contributed by atoms with van der Waals surface area (Å²) in [6.07, 6.45) is 3.97. The Labute approximate surface area is 140 Å². The van der Waals surface area contributed by atoms with Crippen LogP contribution in [0.1, 0.15) is 25.1 Å². The van der Waals surface area contributed by atoms with Crippen molar-refractivity contribution >= 4 is 16.9 Å². The van der Waals surface area contributed by atoms with Gasteiger partial charge in [0.25, 0.3) is 0 Å². The molecule has 1 aromatic heterocycles. The molecule has 1 aromatic carbocycles. The Hall–Kier alpha value is -1.95. The zero-order valence-corrected chi connectivity index (χ0v) is 13.8. The van der Waals surface area contributed by atoms with Crippen LogP contribution in [-0.4, -0.2) is 28.0 Å². The fourth-order valence-electron chi connectivity index (χ4n) is 4.59. The van der Waals surface area contributed by atoms with Crippen molar-refractivity contribution < 1.29 is 9.18 Å². The molecule has 1 amide bonds. The Balaban J connectivity index is 1.40. The lowest BCUT2D eigenvalue weighted by Crippen LogP contribution is -2.45. The molecule has 0 radical (unpaired) electrons. The third-order valence-corrected chi connectivity index (χ3v) is 5.89. The second kappa shape index (κ2) is 5.84. The molecule has 2 aliphatic carbocycles. The number of aromatic nitrogens is 2. The number of imidazole rings is 1. The van der Waals surface area contributed by atoms with Crippen LogP contribution in [0.3, 0.4) is 0 Å². The Morgan fingerprint density at radius 2 is 2.21 bits per heavy atom. The molecule has 6 heteroatoms. The van der Waals surface area contributed by atoms with Gasteiger partial charge in [0.05, 0.1) is 11.4 Å². The van der Waals surface area contributed by atoms with Gasteiger partial charge in [-0.15, -0.1) is 0 Å². The molecule has 0 spiro atoms. The number of hydrogen-bond acceptors (Lipinski definition) is 3. The van der Waals surface area contributed by atoms with Crippen molar-refractivity contribution in [2.45, 2.75) is 31.7 Å². The molecule has 4 atom stereocenters. The molecule has 2 aromatic rings. The molecule has 2 fully saturated rings. The fraction of sp³-hybridized carbons (Fsp3) is 0.556. The number of rotatable bonds is 4. The molecule has 1 heterocycles. The maximum absolute atomic E-state index is 13.8. The number of hydrogen-bond donors (Lipinski definition) is 2. The highest BCUT2D eigenvalue weighted by Crippen LogP contribution is 2.47. The first-order valence-corrected chi connectivity index (χ1v) is 8.69. The van der Waals surface area contributed by atoms with Crippen LogP contribution in [0, 0.1) is 23.6 Å². The van der Waals surface area contributed by atoms with Crippen molar-refractivity contribution in [1.29, 1.82) is 0 Å². The molecule has 3 N–H and O–H groups in total. The van der Waals surface area contributed by atoms with E-state index in [0.717, 1.165) is 24.2 Å². The number of nitrogens with zero attached hydrogens (tertiary/aromatic N) is 2. The number of para-hydroxylation sites is 1. The molecule has 4 unspecified atom stereocenters. The summed E-state index contributed by atoms with van der Waals surface area (Å²) in [5.41, 5.74) is 7.38. The Kier molecular flexibility index (Phi) is 3.79. The summed E-state index contributed by atoms with van der Waals surface area (Å²) in [6.45, 7) is 0.498. The SMILES string of the molecule is Cn1c(CCNC(=O)C2C3CCC(C3)C2N)nc2c(F)cccc21. The minimum atomic E-state index is -0.314. The predicted molar refractivity (Wildman–Crippen MR) is 89.7 cm³/mol. The van der Waals surface area contributed by atoms with E-state index in [9.17, 15) is 9.18 Å². The summed E-state index contributed by atoms with van der Waals surface area (Å²) in [7, 11) is 1.87. The third-order valence-electron chi connectivity index (χ3n) is 5.89. The summed E-state index contributed by atoms with van der Waals surface area (Å²) in [5.74, 6) is 1.46. The Bertz CT molecular complexity index is 785. The van der Waals surface area contributed by atoms with Gasteiger partial charge >= 0.3 is 0 Å². The summed E-state index contributed by atoms with van der Waals surface area (Å²) in [6, 6.07) is 4.95. The van der Waals surface area contributed by atoms with Crippen molar-refractivity contribution in [3.63, 3.8) is 0 Å². The Morgan fingerprint density at radius 1 is 1.42 bits per heavy atom. The minimum absolute atomic E-state index is 0.00796. The summed E-state index contributed by atoms with van der Waals surface area (Å²) >= 11 is 0. The number of halogens is 1. The number of benzene rings is 1. The zero-order chi connectivity index (χ0) is 16.8. The van der Waals surface area contributed by atoms with Gasteiger partial charge in [-0.25, -0.2) is 9.37 Å². The highest BCUT2D eigenvalue weighted by atomic mass is 19.1. The van der Waals surface area contributed by atoms with E-state index in [4.69, 9.17) is 5.73 Å². The van der Waals surface area contributed by atoms with Gasteiger partial charge < -0.3 is 15.6 Å². The molecular formula is C18H23FN4O. The van der Waals surface area contributed by atoms with E-state index in [1.165, 1.54) is 12.5 Å². The first kappa shape index (κ1) is 15.6. The van der Waals surface area contributed by atoms with Crippen LogP contribution in [0.2, 0.25) is 0 Å². The van der Waals surface area contributed by atoms with E-state index in [2.05, 4.69) is 10.3 Å². The van der Waals surface area contributed by atoms with Gasteiger partial charge in [0.2, 0.25) is 5.91 Å². The van der Waals surface area contributed by atoms with Gasteiger partial charge in [0.1, 0.15) is 11.3 Å². The number of fused-ring (bicyclic) bond motifs is 3. The molecule has 2 aliphatic rings. The van der Waals surface area contributed by atoms with Crippen molar-refractivity contribution in [3.05, 3.63) is 29.8 Å². The normalized spacial score (nSPS) is 28.6. The molecular weight excluding hydrogens is 307 g/mol. The molecule has 2 bridgehead atoms. The number of amides is 1. The highest BCUT2D eigenvalue weighted by Gasteiger charge is 2.48. The smallest absolute Gasteiger partial charge is 0.224 e. The molecule has 5 nitrogen and oxygen atoms in total. The summed E-state index contributed by atoms with van der Waals surface area (Å²) in [5, 5.41) is 3.01. The minimum Gasteiger partial charge on any atom is -0.355 e. The van der Waals surface area contributed by atoms with Gasteiger partial charge in [-0.05, 0) is 43.2 Å². The fourth-order valence-corrected chi connectivity index (χ4v) is 4.59. The molecule has 0 aliphatic heterocycles. The van der Waals surface area contributed by atoms with Crippen LogP contribution >= 0.6 is 0 Å². The largest absolute Gasteiger partial charge is 0.355 e. The lowest BCUT2D eigenvalue weighted by Gasteiger charge is -2.26. The molecule has 2 saturated carbocycles. The second-order valence-electron chi connectivity index (χ2n) is 7.17. The van der Waals surface area contributed by atoms with Crippen molar-refractivity contribution in [2.75, 3.05) is 6.54 Å². The van der Waals surface area contributed by atoms with E-state index >= 15 is 0 Å². The number of nitrogens with two attached hydrogens (primary N) is 1. The van der Waals surface area contributed by atoms with Crippen LogP contribution in [0.25, 0.3) is 11.0 Å². The number of nitrogens with one attached hydrogen (secondary N) is 1. The van der Waals surface area contributed by atoms with E-state index in [-0.39, 0.29) is 23.7 Å². The maximum Gasteiger partial charge on any atom is 0.224 e. The number of aryl methyl sites for hydroxylation is 1. The van der Waals surface area contributed by atoms with Crippen molar-refractivity contribution in [1.82, 2.24) is 14.9 Å². The van der Waals surface area contributed by atoms with Crippen molar-refractivity contribution in [2.24, 2.45) is 30.5 Å².